The first-order chi connectivity index (χ1) is 20.6. The SMILES string of the molecule is CCC(=C(c1ccc(OCCN(CC)CC)cc1)c1ccc(OC(=O)c2ccccc2)cc1)c1ccc2c(c1)OCO2. The molecule has 0 amide bonds. The molecule has 4 aromatic rings. The topological polar surface area (TPSA) is 57.2 Å². The summed E-state index contributed by atoms with van der Waals surface area (Å²) in [4.78, 5) is 14.9. The maximum atomic E-state index is 12.6. The van der Waals surface area contributed by atoms with Crippen LogP contribution < -0.4 is 18.9 Å². The number of allylic oxidation sites excluding steroid dienone is 1. The van der Waals surface area contributed by atoms with Crippen LogP contribution >= 0.6 is 0 Å². The van der Waals surface area contributed by atoms with Gasteiger partial charge in [-0.05, 0) is 95.9 Å². The number of benzene rings is 4. The lowest BCUT2D eigenvalue weighted by molar-refractivity contribution is 0.0734. The molecule has 1 aliphatic heterocycles. The molecule has 0 radical (unpaired) electrons. The van der Waals surface area contributed by atoms with Gasteiger partial charge >= 0.3 is 5.97 Å². The third kappa shape index (κ3) is 6.84. The lowest BCUT2D eigenvalue weighted by Gasteiger charge is -2.19. The van der Waals surface area contributed by atoms with Crippen molar-refractivity contribution in [3.05, 3.63) is 119 Å². The Morgan fingerprint density at radius 2 is 1.33 bits per heavy atom. The average Bonchev–Trinajstić information content (AvgIpc) is 3.51. The van der Waals surface area contributed by atoms with E-state index >= 15 is 0 Å². The zero-order valence-electron chi connectivity index (χ0n) is 24.5. The van der Waals surface area contributed by atoms with E-state index in [2.05, 4.69) is 43.9 Å². The fourth-order valence-electron chi connectivity index (χ4n) is 5.10. The van der Waals surface area contributed by atoms with Crippen LogP contribution in [0.3, 0.4) is 0 Å². The highest BCUT2D eigenvalue weighted by Gasteiger charge is 2.18. The number of fused-ring (bicyclic) bond motifs is 1. The number of hydrogen-bond acceptors (Lipinski definition) is 6. The smallest absolute Gasteiger partial charge is 0.343 e. The number of esters is 1. The number of nitrogens with zero attached hydrogens (tertiary/aromatic N) is 1. The second-order valence-electron chi connectivity index (χ2n) is 9.95. The van der Waals surface area contributed by atoms with Gasteiger partial charge in [-0.2, -0.15) is 0 Å². The van der Waals surface area contributed by atoms with Gasteiger partial charge in [-0.1, -0.05) is 69.3 Å². The number of rotatable bonds is 12. The average molecular weight is 564 g/mol. The molecule has 4 aromatic carbocycles. The molecule has 0 fully saturated rings. The predicted molar refractivity (Wildman–Crippen MR) is 166 cm³/mol. The van der Waals surface area contributed by atoms with Crippen molar-refractivity contribution in [1.29, 1.82) is 0 Å². The van der Waals surface area contributed by atoms with E-state index in [1.54, 1.807) is 12.1 Å². The van der Waals surface area contributed by atoms with E-state index in [-0.39, 0.29) is 12.8 Å². The van der Waals surface area contributed by atoms with Crippen LogP contribution in [0.4, 0.5) is 0 Å². The molecular formula is C36H37NO5. The van der Waals surface area contributed by atoms with Crippen molar-refractivity contribution in [1.82, 2.24) is 4.90 Å². The molecule has 6 nitrogen and oxygen atoms in total. The van der Waals surface area contributed by atoms with E-state index in [9.17, 15) is 4.79 Å². The highest BCUT2D eigenvalue weighted by atomic mass is 16.7. The largest absolute Gasteiger partial charge is 0.492 e. The molecule has 5 rings (SSSR count). The van der Waals surface area contributed by atoms with Gasteiger partial charge in [-0.25, -0.2) is 4.79 Å². The molecule has 0 aromatic heterocycles. The Bertz CT molecular complexity index is 1510. The van der Waals surface area contributed by atoms with E-state index in [4.69, 9.17) is 18.9 Å². The molecule has 42 heavy (non-hydrogen) atoms. The monoisotopic (exact) mass is 563 g/mol. The molecule has 216 valence electrons. The van der Waals surface area contributed by atoms with E-state index in [1.807, 2.05) is 66.7 Å². The summed E-state index contributed by atoms with van der Waals surface area (Å²) >= 11 is 0. The van der Waals surface area contributed by atoms with Crippen LogP contribution in [0.5, 0.6) is 23.0 Å². The van der Waals surface area contributed by atoms with Gasteiger partial charge in [0.1, 0.15) is 18.1 Å². The van der Waals surface area contributed by atoms with Crippen molar-refractivity contribution in [2.24, 2.45) is 0 Å². The summed E-state index contributed by atoms with van der Waals surface area (Å²) in [6, 6.07) is 31.0. The van der Waals surface area contributed by atoms with Gasteiger partial charge in [0.15, 0.2) is 11.5 Å². The maximum Gasteiger partial charge on any atom is 0.343 e. The highest BCUT2D eigenvalue weighted by molar-refractivity contribution is 5.99. The summed E-state index contributed by atoms with van der Waals surface area (Å²) in [5.41, 5.74) is 5.91. The first-order valence-electron chi connectivity index (χ1n) is 14.6. The number of likely N-dealkylation sites (N-methyl/N-ethyl adjacent to an activating group) is 1. The maximum absolute atomic E-state index is 12.6. The van der Waals surface area contributed by atoms with E-state index < -0.39 is 0 Å². The molecule has 0 aliphatic carbocycles. The fraction of sp³-hybridized carbons (Fsp3) is 0.250. The minimum Gasteiger partial charge on any atom is -0.492 e. The van der Waals surface area contributed by atoms with Gasteiger partial charge in [0.25, 0.3) is 0 Å². The minimum absolute atomic E-state index is 0.232. The summed E-state index contributed by atoms with van der Waals surface area (Å²) in [6.45, 7) is 10.3. The Kier molecular flexibility index (Phi) is 9.57. The first-order valence-corrected chi connectivity index (χ1v) is 14.6. The van der Waals surface area contributed by atoms with Crippen LogP contribution in [0.2, 0.25) is 0 Å². The van der Waals surface area contributed by atoms with Crippen molar-refractivity contribution in [3.8, 4) is 23.0 Å². The Morgan fingerprint density at radius 3 is 1.98 bits per heavy atom. The number of carbonyl (C=O) groups excluding carboxylic acids is 1. The zero-order valence-corrected chi connectivity index (χ0v) is 24.5. The number of hydrogen-bond donors (Lipinski definition) is 0. The third-order valence-electron chi connectivity index (χ3n) is 7.45. The molecule has 1 aliphatic rings. The summed E-state index contributed by atoms with van der Waals surface area (Å²) in [5.74, 6) is 2.45. The van der Waals surface area contributed by atoms with Crippen LogP contribution in [0, 0.1) is 0 Å². The van der Waals surface area contributed by atoms with E-state index in [1.165, 1.54) is 0 Å². The lowest BCUT2D eigenvalue weighted by Crippen LogP contribution is -2.27. The van der Waals surface area contributed by atoms with Gasteiger partial charge < -0.3 is 23.8 Å². The Balaban J connectivity index is 1.46. The Hall–Kier alpha value is -4.55. The van der Waals surface area contributed by atoms with Crippen molar-refractivity contribution in [2.75, 3.05) is 33.0 Å². The van der Waals surface area contributed by atoms with Crippen LogP contribution in [0.1, 0.15) is 54.2 Å². The number of ether oxygens (including phenoxy) is 4. The molecule has 0 saturated heterocycles. The van der Waals surface area contributed by atoms with Crippen molar-refractivity contribution in [2.45, 2.75) is 27.2 Å². The Labute approximate surface area is 248 Å². The highest BCUT2D eigenvalue weighted by Crippen LogP contribution is 2.40. The quantitative estimate of drug-likeness (QED) is 0.0999. The molecule has 0 atom stereocenters. The molecule has 0 spiro atoms. The molecule has 0 N–H and O–H groups in total. The van der Waals surface area contributed by atoms with Crippen LogP contribution in [-0.2, 0) is 0 Å². The van der Waals surface area contributed by atoms with Crippen molar-refractivity contribution < 1.29 is 23.7 Å². The standard InChI is InChI=1S/C36H37NO5/c1-4-32(29-16-21-33-34(24-29)41-25-40-33)35(26-12-17-30(18-13-26)39-23-22-37(5-2)6-3)27-14-19-31(20-15-27)42-36(38)28-10-8-7-9-11-28/h7-21,24H,4-6,22-23,25H2,1-3H3. The van der Waals surface area contributed by atoms with Gasteiger partial charge in [-0.15, -0.1) is 0 Å². The second kappa shape index (κ2) is 13.9. The van der Waals surface area contributed by atoms with E-state index in [0.717, 1.165) is 71.1 Å². The van der Waals surface area contributed by atoms with E-state index in [0.29, 0.717) is 17.9 Å². The van der Waals surface area contributed by atoms with Crippen molar-refractivity contribution >= 4 is 17.1 Å². The molecule has 0 saturated carbocycles. The normalized spacial score (nSPS) is 12.7. The molecule has 6 heteroatoms. The minimum atomic E-state index is -0.384. The van der Waals surface area contributed by atoms with Gasteiger partial charge in [-0.3, -0.25) is 0 Å². The summed E-state index contributed by atoms with van der Waals surface area (Å²) in [5, 5.41) is 0. The first kappa shape index (κ1) is 29.0. The van der Waals surface area contributed by atoms with Crippen molar-refractivity contribution in [3.63, 3.8) is 0 Å². The van der Waals surface area contributed by atoms with Gasteiger partial charge in [0.2, 0.25) is 6.79 Å². The second-order valence-corrected chi connectivity index (χ2v) is 9.95. The molecular weight excluding hydrogens is 526 g/mol. The molecule has 0 unspecified atom stereocenters. The lowest BCUT2D eigenvalue weighted by atomic mass is 9.88. The number of carbonyl (C=O) groups is 1. The van der Waals surface area contributed by atoms with Crippen LogP contribution in [0.15, 0.2) is 97.1 Å². The molecule has 1 heterocycles. The van der Waals surface area contributed by atoms with Gasteiger partial charge in [0, 0.05) is 6.54 Å². The summed E-state index contributed by atoms with van der Waals surface area (Å²) in [7, 11) is 0. The third-order valence-corrected chi connectivity index (χ3v) is 7.45. The Morgan fingerprint density at radius 1 is 0.714 bits per heavy atom. The summed E-state index contributed by atoms with van der Waals surface area (Å²) < 4.78 is 22.9. The fourth-order valence-corrected chi connectivity index (χ4v) is 5.10. The predicted octanol–water partition coefficient (Wildman–Crippen LogP) is 7.72. The van der Waals surface area contributed by atoms with Gasteiger partial charge in [0.05, 0.1) is 5.56 Å². The summed E-state index contributed by atoms with van der Waals surface area (Å²) in [6.07, 6.45) is 0.793. The molecule has 0 bridgehead atoms. The zero-order chi connectivity index (χ0) is 29.3. The van der Waals surface area contributed by atoms with Crippen LogP contribution in [0.25, 0.3) is 11.1 Å². The van der Waals surface area contributed by atoms with Crippen LogP contribution in [-0.4, -0.2) is 43.9 Å².